The second kappa shape index (κ2) is 10.8. The van der Waals surface area contributed by atoms with Crippen molar-refractivity contribution in [2.75, 3.05) is 18.5 Å². The molecular formula is C21H20BrN3O6S. The highest BCUT2D eigenvalue weighted by molar-refractivity contribution is 9.10. The van der Waals surface area contributed by atoms with Crippen LogP contribution >= 0.6 is 27.3 Å². The molecule has 0 fully saturated rings. The van der Waals surface area contributed by atoms with E-state index in [0.29, 0.717) is 16.6 Å². The summed E-state index contributed by atoms with van der Waals surface area (Å²) in [7, 11) is 0. The van der Waals surface area contributed by atoms with Crippen LogP contribution in [0, 0.1) is 18.3 Å². The summed E-state index contributed by atoms with van der Waals surface area (Å²) in [5.74, 6) is -2.22. The lowest BCUT2D eigenvalue weighted by Crippen LogP contribution is -2.16. The smallest absolute Gasteiger partial charge is 0.341 e. The molecule has 0 aliphatic carbocycles. The van der Waals surface area contributed by atoms with Crippen LogP contribution in [0.1, 0.15) is 45.0 Å². The van der Waals surface area contributed by atoms with E-state index in [2.05, 4.69) is 21.2 Å². The maximum absolute atomic E-state index is 12.8. The Kier molecular flexibility index (Phi) is 8.40. The van der Waals surface area contributed by atoms with E-state index in [-0.39, 0.29) is 44.7 Å². The van der Waals surface area contributed by atoms with Crippen LogP contribution in [0.5, 0.6) is 11.5 Å². The fraction of sp³-hybridized carbons (Fsp3) is 0.238. The van der Waals surface area contributed by atoms with Gasteiger partial charge in [-0.05, 0) is 50.1 Å². The number of carbonyl (C=O) groups excluding carboxylic acids is 3. The number of hydrogen-bond acceptors (Lipinski definition) is 8. The number of esters is 1. The molecule has 1 aromatic carbocycles. The molecule has 0 atom stereocenters. The molecule has 9 nitrogen and oxygen atoms in total. The molecular weight excluding hydrogens is 502 g/mol. The molecule has 168 valence electrons. The van der Waals surface area contributed by atoms with E-state index in [9.17, 15) is 24.8 Å². The van der Waals surface area contributed by atoms with Gasteiger partial charge in [-0.25, -0.2) is 4.79 Å². The number of nitrogens with one attached hydrogen (secondary N) is 1. The first-order valence-electron chi connectivity index (χ1n) is 9.33. The number of phenols is 1. The van der Waals surface area contributed by atoms with Crippen molar-refractivity contribution in [3.05, 3.63) is 43.7 Å². The molecule has 1 heterocycles. The summed E-state index contributed by atoms with van der Waals surface area (Å²) in [4.78, 5) is 37.0. The van der Waals surface area contributed by atoms with Crippen LogP contribution in [-0.2, 0) is 9.53 Å². The van der Waals surface area contributed by atoms with Gasteiger partial charge in [0.1, 0.15) is 16.6 Å². The van der Waals surface area contributed by atoms with Gasteiger partial charge in [0.25, 0.3) is 11.8 Å². The van der Waals surface area contributed by atoms with Gasteiger partial charge in [0.15, 0.2) is 11.5 Å². The van der Waals surface area contributed by atoms with Crippen molar-refractivity contribution in [2.24, 2.45) is 5.73 Å². The van der Waals surface area contributed by atoms with Crippen molar-refractivity contribution in [2.45, 2.75) is 20.8 Å². The highest BCUT2D eigenvalue weighted by Crippen LogP contribution is 2.35. The van der Waals surface area contributed by atoms with Gasteiger partial charge < -0.3 is 25.6 Å². The molecule has 0 radical (unpaired) electrons. The first kappa shape index (κ1) is 24.9. The molecule has 2 amide bonds. The van der Waals surface area contributed by atoms with Crippen molar-refractivity contribution in [1.82, 2.24) is 0 Å². The summed E-state index contributed by atoms with van der Waals surface area (Å²) >= 11 is 4.09. The van der Waals surface area contributed by atoms with Crippen LogP contribution < -0.4 is 15.8 Å². The van der Waals surface area contributed by atoms with Gasteiger partial charge >= 0.3 is 5.97 Å². The molecule has 0 unspecified atom stereocenters. The molecule has 2 aromatic rings. The van der Waals surface area contributed by atoms with Gasteiger partial charge in [-0.3, -0.25) is 9.59 Å². The third-order valence-electron chi connectivity index (χ3n) is 4.12. The molecule has 4 N–H and O–H groups in total. The number of nitriles is 1. The number of rotatable bonds is 8. The average molecular weight is 522 g/mol. The van der Waals surface area contributed by atoms with Crippen molar-refractivity contribution in [1.29, 1.82) is 5.26 Å². The quantitative estimate of drug-likeness (QED) is 0.271. The highest BCUT2D eigenvalue weighted by Gasteiger charge is 2.26. The van der Waals surface area contributed by atoms with Gasteiger partial charge in [0, 0.05) is 4.47 Å². The van der Waals surface area contributed by atoms with Gasteiger partial charge in [-0.1, -0.05) is 15.9 Å². The van der Waals surface area contributed by atoms with Crippen molar-refractivity contribution in [3.63, 3.8) is 0 Å². The van der Waals surface area contributed by atoms with Crippen molar-refractivity contribution in [3.8, 4) is 17.6 Å². The lowest BCUT2D eigenvalue weighted by molar-refractivity contribution is -0.112. The maximum Gasteiger partial charge on any atom is 0.341 e. The standard InChI is InChI=1S/C21H20BrN3O6S/c1-4-30-15-7-11(13(22)8-14(15)26)6-12(9-23)19(28)25-20-16(21(29)31-5-2)10(3)17(32-20)18(24)27/h6-8,26H,4-5H2,1-3H3,(H2,24,27)(H,25,28)/b12-6+. The fourth-order valence-corrected chi connectivity index (χ4v) is 4.19. The second-order valence-corrected chi connectivity index (χ2v) is 8.12. The molecule has 0 aliphatic heterocycles. The van der Waals surface area contributed by atoms with Crippen LogP contribution in [0.4, 0.5) is 5.00 Å². The summed E-state index contributed by atoms with van der Waals surface area (Å²) in [6.45, 7) is 5.28. The number of nitrogens with zero attached hydrogens (tertiary/aromatic N) is 1. The molecule has 0 bridgehead atoms. The summed E-state index contributed by atoms with van der Waals surface area (Å²) in [5.41, 5.74) is 5.76. The third-order valence-corrected chi connectivity index (χ3v) is 6.03. The van der Waals surface area contributed by atoms with E-state index in [1.807, 2.05) is 0 Å². The zero-order valence-electron chi connectivity index (χ0n) is 17.4. The van der Waals surface area contributed by atoms with E-state index >= 15 is 0 Å². The molecule has 0 spiro atoms. The number of anilines is 1. The first-order chi connectivity index (χ1) is 15.1. The number of nitrogens with two attached hydrogens (primary N) is 1. The van der Waals surface area contributed by atoms with E-state index in [4.69, 9.17) is 15.2 Å². The Balaban J connectivity index is 2.46. The number of halogens is 1. The number of hydrogen-bond donors (Lipinski definition) is 3. The minimum atomic E-state index is -0.812. The largest absolute Gasteiger partial charge is 0.504 e. The molecule has 1 aromatic heterocycles. The first-order valence-corrected chi connectivity index (χ1v) is 10.9. The number of phenolic OH excluding ortho intramolecular Hbond substituents is 1. The molecule has 2 rings (SSSR count). The predicted molar refractivity (Wildman–Crippen MR) is 123 cm³/mol. The van der Waals surface area contributed by atoms with E-state index in [1.165, 1.54) is 25.1 Å². The Morgan fingerprint density at radius 3 is 2.56 bits per heavy atom. The topological polar surface area (TPSA) is 152 Å². The van der Waals surface area contributed by atoms with Crippen LogP contribution in [0.25, 0.3) is 6.08 Å². The third kappa shape index (κ3) is 5.46. The Bertz CT molecular complexity index is 1150. The maximum atomic E-state index is 12.8. The molecule has 0 saturated heterocycles. The van der Waals surface area contributed by atoms with Gasteiger partial charge in [0.2, 0.25) is 0 Å². The molecule has 0 saturated carbocycles. The Hall–Kier alpha value is -3.36. The number of carbonyl (C=O) groups is 3. The number of ether oxygens (including phenoxy) is 2. The van der Waals surface area contributed by atoms with E-state index in [1.54, 1.807) is 19.9 Å². The lowest BCUT2D eigenvalue weighted by Gasteiger charge is -2.09. The Labute approximate surface area is 196 Å². The summed E-state index contributed by atoms with van der Waals surface area (Å²) < 4.78 is 10.8. The van der Waals surface area contributed by atoms with Crippen molar-refractivity contribution < 1.29 is 29.0 Å². The van der Waals surface area contributed by atoms with Gasteiger partial charge in [-0.15, -0.1) is 11.3 Å². The van der Waals surface area contributed by atoms with Crippen LogP contribution in [-0.4, -0.2) is 36.1 Å². The molecule has 0 aliphatic rings. The molecule has 11 heteroatoms. The zero-order chi connectivity index (χ0) is 24.0. The van der Waals surface area contributed by atoms with Crippen molar-refractivity contribution >= 4 is 56.1 Å². The number of primary amides is 1. The number of benzene rings is 1. The van der Waals surface area contributed by atoms with Gasteiger partial charge in [0.05, 0.1) is 23.7 Å². The number of amides is 2. The van der Waals surface area contributed by atoms with E-state index in [0.717, 1.165) is 11.3 Å². The lowest BCUT2D eigenvalue weighted by atomic mass is 10.1. The Morgan fingerprint density at radius 2 is 2.00 bits per heavy atom. The van der Waals surface area contributed by atoms with E-state index < -0.39 is 17.8 Å². The van der Waals surface area contributed by atoms with Crippen LogP contribution in [0.15, 0.2) is 22.2 Å². The number of aromatic hydroxyl groups is 1. The normalized spacial score (nSPS) is 10.9. The molecule has 32 heavy (non-hydrogen) atoms. The number of thiophene rings is 1. The monoisotopic (exact) mass is 521 g/mol. The summed E-state index contributed by atoms with van der Waals surface area (Å²) in [6, 6.07) is 4.65. The summed E-state index contributed by atoms with van der Waals surface area (Å²) in [6.07, 6.45) is 1.29. The average Bonchev–Trinajstić information content (AvgIpc) is 3.05. The SMILES string of the molecule is CCOC(=O)c1c(NC(=O)/C(C#N)=C/c2cc(OCC)c(O)cc2Br)sc(C(N)=O)c1C. The predicted octanol–water partition coefficient (Wildman–Crippen LogP) is 3.74. The van der Waals surface area contributed by atoms with Crippen LogP contribution in [0.2, 0.25) is 0 Å². The Morgan fingerprint density at radius 1 is 1.31 bits per heavy atom. The minimum Gasteiger partial charge on any atom is -0.504 e. The second-order valence-electron chi connectivity index (χ2n) is 6.24. The highest BCUT2D eigenvalue weighted by atomic mass is 79.9. The minimum absolute atomic E-state index is 0.000681. The zero-order valence-corrected chi connectivity index (χ0v) is 19.8. The van der Waals surface area contributed by atoms with Crippen LogP contribution in [0.3, 0.4) is 0 Å². The van der Waals surface area contributed by atoms with Gasteiger partial charge in [-0.2, -0.15) is 5.26 Å². The summed E-state index contributed by atoms with van der Waals surface area (Å²) in [5, 5.41) is 22.0. The fourth-order valence-electron chi connectivity index (χ4n) is 2.70.